The van der Waals surface area contributed by atoms with Gasteiger partial charge in [-0.15, -0.1) is 0 Å². The van der Waals surface area contributed by atoms with Crippen molar-refractivity contribution in [3.8, 4) is 44.9 Å². The van der Waals surface area contributed by atoms with Crippen LogP contribution in [0, 0.1) is 0 Å². The smallest absolute Gasteiger partial charge is 0.136 e. The van der Waals surface area contributed by atoms with E-state index in [2.05, 4.69) is 248 Å². The minimum Gasteiger partial charge on any atom is -0.457 e. The first-order valence-corrected chi connectivity index (χ1v) is 25.5. The Balaban J connectivity index is 0.942. The number of anilines is 3. The van der Waals surface area contributed by atoms with Crippen LogP contribution in [0.15, 0.2) is 263 Å². The van der Waals surface area contributed by atoms with Gasteiger partial charge in [0.2, 0.25) is 0 Å². The molecular weight excluding hydrogens is 895 g/mol. The summed E-state index contributed by atoms with van der Waals surface area (Å²) in [5, 5.41) is 2.25. The lowest BCUT2D eigenvalue weighted by molar-refractivity contribution is 0.436. The molecule has 0 fully saturated rings. The van der Waals surface area contributed by atoms with E-state index in [4.69, 9.17) is 9.15 Å². The molecule has 4 heteroatoms. The number of para-hydroxylation sites is 3. The molecule has 12 aromatic rings. The second kappa shape index (κ2) is 14.8. The zero-order valence-electron chi connectivity index (χ0n) is 38.8. The summed E-state index contributed by atoms with van der Waals surface area (Å²) in [5.74, 6) is 1.76. The Labute approximate surface area is 421 Å². The van der Waals surface area contributed by atoms with E-state index >= 15 is 0 Å². The Bertz CT molecular complexity index is 4170. The summed E-state index contributed by atoms with van der Waals surface area (Å²) in [6.45, 7) is 0. The van der Waals surface area contributed by atoms with E-state index in [9.17, 15) is 0 Å². The molecule has 0 unspecified atom stereocenters. The highest BCUT2D eigenvalue weighted by Crippen LogP contribution is 2.65. The molecule has 0 amide bonds. The molecule has 0 N–H and O–H groups in total. The van der Waals surface area contributed by atoms with Crippen molar-refractivity contribution in [2.45, 2.75) is 20.6 Å². The molecule has 3 heterocycles. The van der Waals surface area contributed by atoms with E-state index in [-0.39, 0.29) is 0 Å². The van der Waals surface area contributed by atoms with Crippen LogP contribution in [-0.4, -0.2) is 0 Å². The molecule has 2 aliphatic heterocycles. The monoisotopic (exact) mass is 935 g/mol. The third-order valence-electron chi connectivity index (χ3n) is 16.0. The van der Waals surface area contributed by atoms with Crippen LogP contribution in [0.2, 0.25) is 0 Å². The van der Waals surface area contributed by atoms with Gasteiger partial charge < -0.3 is 14.1 Å². The number of hydrogen-bond acceptors (Lipinski definition) is 4. The Hall–Kier alpha value is -8.83. The van der Waals surface area contributed by atoms with Gasteiger partial charge >= 0.3 is 0 Å². The highest BCUT2D eigenvalue weighted by molar-refractivity contribution is 7.99. The molecule has 336 valence electrons. The highest BCUT2D eigenvalue weighted by atomic mass is 32.2. The highest BCUT2D eigenvalue weighted by Gasteiger charge is 2.52. The number of nitrogens with zero attached hydrogens (tertiary/aromatic N) is 1. The minimum absolute atomic E-state index is 0.469. The SMILES string of the molecule is c1ccc2c(c1)Oc1ccccc1C21c2ccccc2-c2ccc(N(c3ccc(-c4cccc5oc6ccccc6c45)cc3)c3ccc4c(c3)-c3ccccc3C43c4ccccc4Sc4ccccc43)cc21. The molecule has 11 aromatic carbocycles. The van der Waals surface area contributed by atoms with Crippen molar-refractivity contribution in [1.29, 1.82) is 0 Å². The van der Waals surface area contributed by atoms with Crippen LogP contribution in [-0.2, 0) is 10.8 Å². The molecule has 0 radical (unpaired) electrons. The van der Waals surface area contributed by atoms with Gasteiger partial charge in [0, 0.05) is 48.8 Å². The van der Waals surface area contributed by atoms with Crippen LogP contribution in [0.5, 0.6) is 11.5 Å². The van der Waals surface area contributed by atoms with Gasteiger partial charge in [0.1, 0.15) is 22.7 Å². The lowest BCUT2D eigenvalue weighted by Crippen LogP contribution is -2.32. The predicted molar refractivity (Wildman–Crippen MR) is 293 cm³/mol. The summed E-state index contributed by atoms with van der Waals surface area (Å²) in [6.07, 6.45) is 0. The molecule has 3 nitrogen and oxygen atoms in total. The van der Waals surface area contributed by atoms with Crippen LogP contribution >= 0.6 is 11.8 Å². The third kappa shape index (κ3) is 5.21. The average molecular weight is 936 g/mol. The van der Waals surface area contributed by atoms with Gasteiger partial charge in [-0.3, -0.25) is 0 Å². The zero-order valence-corrected chi connectivity index (χ0v) is 39.7. The van der Waals surface area contributed by atoms with Crippen molar-refractivity contribution in [3.05, 3.63) is 293 Å². The molecule has 0 bridgehead atoms. The normalized spacial score (nSPS) is 14.4. The van der Waals surface area contributed by atoms with Crippen molar-refractivity contribution in [2.24, 2.45) is 0 Å². The number of ether oxygens (including phenoxy) is 1. The molecular formula is C68H41NO2S. The van der Waals surface area contributed by atoms with E-state index in [1.165, 1.54) is 65.4 Å². The van der Waals surface area contributed by atoms with Crippen LogP contribution < -0.4 is 9.64 Å². The van der Waals surface area contributed by atoms with Crippen LogP contribution in [0.25, 0.3) is 55.3 Å². The standard InChI is InChI=1S/C68H41NO2S/c1-4-20-52-47(16-1)49-38-36-45(41-59(49)68(52)55-22-6-11-27-61(55)71-62-28-12-7-23-56(62)68)69(43-34-32-42(33-35-43)46-19-15-29-63-66(46)50-18-3-10-26-60(50)70-63)44-37-39-54-51(40-44)48-17-2-5-21-53(48)67(54)57-24-8-13-30-64(57)72-65-31-14-9-25-58(65)67/h1-41H. The van der Waals surface area contributed by atoms with Gasteiger partial charge in [0.15, 0.2) is 0 Å². The van der Waals surface area contributed by atoms with E-state index in [1.807, 2.05) is 17.8 Å². The molecule has 0 atom stereocenters. The molecule has 4 aliphatic rings. The van der Waals surface area contributed by atoms with Crippen molar-refractivity contribution < 1.29 is 9.15 Å². The molecule has 2 aliphatic carbocycles. The van der Waals surface area contributed by atoms with E-state index < -0.39 is 10.8 Å². The Morgan fingerprint density at radius 3 is 1.51 bits per heavy atom. The maximum Gasteiger partial charge on any atom is 0.136 e. The first kappa shape index (κ1) is 40.0. The number of furan rings is 1. The van der Waals surface area contributed by atoms with E-state index in [1.54, 1.807) is 0 Å². The third-order valence-corrected chi connectivity index (χ3v) is 17.2. The van der Waals surface area contributed by atoms with Crippen LogP contribution in [0.4, 0.5) is 17.1 Å². The predicted octanol–water partition coefficient (Wildman–Crippen LogP) is 18.0. The maximum absolute atomic E-state index is 6.75. The fourth-order valence-electron chi connectivity index (χ4n) is 13.2. The lowest BCUT2D eigenvalue weighted by atomic mass is 9.66. The van der Waals surface area contributed by atoms with Crippen molar-refractivity contribution in [1.82, 2.24) is 0 Å². The van der Waals surface area contributed by atoms with Gasteiger partial charge in [-0.05, 0) is 140 Å². The lowest BCUT2D eigenvalue weighted by Gasteiger charge is -2.40. The Morgan fingerprint density at radius 1 is 0.319 bits per heavy atom. The molecule has 72 heavy (non-hydrogen) atoms. The fourth-order valence-corrected chi connectivity index (χ4v) is 14.4. The first-order chi connectivity index (χ1) is 35.7. The summed E-state index contributed by atoms with van der Waals surface area (Å²) >= 11 is 1.88. The van der Waals surface area contributed by atoms with E-state index in [0.717, 1.165) is 72.8 Å². The van der Waals surface area contributed by atoms with Gasteiger partial charge in [0.05, 0.1) is 10.8 Å². The van der Waals surface area contributed by atoms with Crippen LogP contribution in [0.1, 0.15) is 44.5 Å². The van der Waals surface area contributed by atoms with Gasteiger partial charge in [0.25, 0.3) is 0 Å². The number of hydrogen-bond donors (Lipinski definition) is 0. The van der Waals surface area contributed by atoms with Crippen LogP contribution in [0.3, 0.4) is 0 Å². The zero-order chi connectivity index (χ0) is 47.1. The summed E-state index contributed by atoms with van der Waals surface area (Å²) in [7, 11) is 0. The summed E-state index contributed by atoms with van der Waals surface area (Å²) in [4.78, 5) is 5.07. The van der Waals surface area contributed by atoms with Gasteiger partial charge in [-0.1, -0.05) is 188 Å². The van der Waals surface area contributed by atoms with Crippen molar-refractivity contribution >= 4 is 50.8 Å². The largest absolute Gasteiger partial charge is 0.457 e. The Kier molecular flexibility index (Phi) is 8.24. The number of fused-ring (bicyclic) bond motifs is 21. The maximum atomic E-state index is 6.75. The minimum atomic E-state index is -0.613. The number of rotatable bonds is 4. The number of benzene rings is 11. The summed E-state index contributed by atoms with van der Waals surface area (Å²) in [6, 6.07) is 91.6. The molecule has 0 saturated heterocycles. The first-order valence-electron chi connectivity index (χ1n) is 24.7. The van der Waals surface area contributed by atoms with Crippen molar-refractivity contribution in [2.75, 3.05) is 4.90 Å². The molecule has 16 rings (SSSR count). The van der Waals surface area contributed by atoms with Crippen molar-refractivity contribution in [3.63, 3.8) is 0 Å². The van der Waals surface area contributed by atoms with Gasteiger partial charge in [-0.25, -0.2) is 0 Å². The van der Waals surface area contributed by atoms with Gasteiger partial charge in [-0.2, -0.15) is 0 Å². The molecule has 0 saturated carbocycles. The Morgan fingerprint density at radius 2 is 0.806 bits per heavy atom. The summed E-state index contributed by atoms with van der Waals surface area (Å²) < 4.78 is 13.1. The second-order valence-electron chi connectivity index (χ2n) is 19.4. The topological polar surface area (TPSA) is 25.6 Å². The van der Waals surface area contributed by atoms with E-state index in [0.29, 0.717) is 0 Å². The molecule has 1 aromatic heterocycles. The quantitative estimate of drug-likeness (QED) is 0.176. The molecule has 2 spiro atoms. The average Bonchev–Trinajstić information content (AvgIpc) is 4.07. The fraction of sp³-hybridized carbons (Fsp3) is 0.0294. The summed E-state index contributed by atoms with van der Waals surface area (Å²) in [5.41, 5.74) is 21.3. The second-order valence-corrected chi connectivity index (χ2v) is 20.5.